The second kappa shape index (κ2) is 10.2. The van der Waals surface area contributed by atoms with Crippen LogP contribution in [0.5, 0.6) is 11.6 Å². The molecule has 1 saturated heterocycles. The van der Waals surface area contributed by atoms with Crippen molar-refractivity contribution < 1.29 is 14.3 Å². The maximum absolute atomic E-state index is 13.2. The number of ether oxygens (including phenoxy) is 1. The van der Waals surface area contributed by atoms with E-state index in [9.17, 15) is 9.59 Å². The van der Waals surface area contributed by atoms with E-state index in [0.29, 0.717) is 54.6 Å². The van der Waals surface area contributed by atoms with E-state index in [1.165, 1.54) is 0 Å². The number of anilines is 1. The number of hydrogen-bond donors (Lipinski definition) is 1. The average Bonchev–Trinajstić information content (AvgIpc) is 3.06. The first kappa shape index (κ1) is 21.6. The number of aromatic nitrogens is 1. The monoisotopic (exact) mass is 450 g/mol. The molecule has 164 valence electrons. The van der Waals surface area contributed by atoms with Gasteiger partial charge in [0.05, 0.1) is 0 Å². The zero-order chi connectivity index (χ0) is 22.3. The Morgan fingerprint density at radius 2 is 1.69 bits per heavy atom. The van der Waals surface area contributed by atoms with E-state index in [1.807, 2.05) is 30.3 Å². The van der Waals surface area contributed by atoms with Crippen molar-refractivity contribution in [2.45, 2.75) is 6.42 Å². The molecule has 32 heavy (non-hydrogen) atoms. The molecule has 0 aliphatic carbocycles. The van der Waals surface area contributed by atoms with Gasteiger partial charge in [-0.25, -0.2) is 9.78 Å². The summed E-state index contributed by atoms with van der Waals surface area (Å²) < 4.78 is 5.84. The minimum atomic E-state index is -0.212. The Hall–Kier alpha value is -3.58. The molecule has 2 aromatic carbocycles. The Kier molecular flexibility index (Phi) is 6.87. The highest BCUT2D eigenvalue weighted by atomic mass is 35.5. The number of halogens is 1. The lowest BCUT2D eigenvalue weighted by molar-refractivity contribution is 0.0759. The Morgan fingerprint density at radius 3 is 2.50 bits per heavy atom. The number of hydrogen-bond acceptors (Lipinski definition) is 4. The first-order valence-corrected chi connectivity index (χ1v) is 10.8. The topological polar surface area (TPSA) is 74.8 Å². The number of rotatable bonds is 4. The van der Waals surface area contributed by atoms with E-state index in [-0.39, 0.29) is 17.8 Å². The van der Waals surface area contributed by atoms with Crippen molar-refractivity contribution in [1.82, 2.24) is 14.8 Å². The summed E-state index contributed by atoms with van der Waals surface area (Å²) in [5, 5.41) is 3.42. The van der Waals surface area contributed by atoms with Crippen LogP contribution >= 0.6 is 11.6 Å². The van der Waals surface area contributed by atoms with E-state index in [2.05, 4.69) is 10.3 Å². The minimum absolute atomic E-state index is 0.166. The number of benzene rings is 2. The summed E-state index contributed by atoms with van der Waals surface area (Å²) in [6.45, 7) is 1.94. The molecule has 1 aliphatic rings. The molecule has 0 atom stereocenters. The van der Waals surface area contributed by atoms with Crippen molar-refractivity contribution in [3.8, 4) is 11.6 Å². The van der Waals surface area contributed by atoms with Gasteiger partial charge in [-0.3, -0.25) is 4.79 Å². The molecule has 2 heterocycles. The van der Waals surface area contributed by atoms with Gasteiger partial charge in [-0.05, 0) is 48.9 Å². The third-order valence-corrected chi connectivity index (χ3v) is 5.34. The molecular formula is C24H23ClN4O3. The summed E-state index contributed by atoms with van der Waals surface area (Å²) in [6, 6.07) is 19.5. The Morgan fingerprint density at radius 1 is 0.906 bits per heavy atom. The fourth-order valence-electron chi connectivity index (χ4n) is 3.50. The van der Waals surface area contributed by atoms with Crippen molar-refractivity contribution in [1.29, 1.82) is 0 Å². The van der Waals surface area contributed by atoms with E-state index in [0.717, 1.165) is 0 Å². The molecule has 4 rings (SSSR count). The Bertz CT molecular complexity index is 1090. The maximum Gasteiger partial charge on any atom is 0.321 e. The molecule has 1 N–H and O–H groups in total. The Labute approximate surface area is 191 Å². The molecule has 8 heteroatoms. The zero-order valence-electron chi connectivity index (χ0n) is 17.4. The van der Waals surface area contributed by atoms with Gasteiger partial charge < -0.3 is 19.9 Å². The van der Waals surface area contributed by atoms with Gasteiger partial charge in [-0.2, -0.15) is 0 Å². The zero-order valence-corrected chi connectivity index (χ0v) is 18.2. The van der Waals surface area contributed by atoms with Crippen LogP contribution in [0.25, 0.3) is 0 Å². The van der Waals surface area contributed by atoms with Gasteiger partial charge in [-0.1, -0.05) is 35.9 Å². The first-order valence-electron chi connectivity index (χ1n) is 10.4. The third-order valence-electron chi connectivity index (χ3n) is 5.11. The lowest BCUT2D eigenvalue weighted by atomic mass is 10.2. The van der Waals surface area contributed by atoms with E-state index >= 15 is 0 Å². The van der Waals surface area contributed by atoms with Crippen LogP contribution in [0.4, 0.5) is 10.5 Å². The van der Waals surface area contributed by atoms with Crippen LogP contribution in [0.15, 0.2) is 72.9 Å². The summed E-state index contributed by atoms with van der Waals surface area (Å²) >= 11 is 5.99. The van der Waals surface area contributed by atoms with Crippen molar-refractivity contribution in [3.63, 3.8) is 0 Å². The average molecular weight is 451 g/mol. The normalized spacial score (nSPS) is 13.9. The molecule has 0 saturated carbocycles. The maximum atomic E-state index is 13.2. The number of nitrogens with zero attached hydrogens (tertiary/aromatic N) is 3. The van der Waals surface area contributed by atoms with Gasteiger partial charge in [0.2, 0.25) is 5.88 Å². The molecule has 0 bridgehead atoms. The molecule has 0 spiro atoms. The first-order chi connectivity index (χ1) is 15.6. The van der Waals surface area contributed by atoms with Crippen molar-refractivity contribution in [2.75, 3.05) is 31.5 Å². The molecule has 0 unspecified atom stereocenters. The summed E-state index contributed by atoms with van der Waals surface area (Å²) in [4.78, 5) is 33.6. The molecular weight excluding hydrogens is 428 g/mol. The van der Waals surface area contributed by atoms with Crippen LogP contribution in [-0.4, -0.2) is 52.9 Å². The summed E-state index contributed by atoms with van der Waals surface area (Å²) in [6.07, 6.45) is 2.27. The number of amides is 3. The van der Waals surface area contributed by atoms with Crippen LogP contribution in [0, 0.1) is 0 Å². The molecule has 7 nitrogen and oxygen atoms in total. The van der Waals surface area contributed by atoms with Crippen molar-refractivity contribution in [3.05, 3.63) is 83.5 Å². The largest absolute Gasteiger partial charge is 0.438 e. The van der Waals surface area contributed by atoms with Gasteiger partial charge in [0.25, 0.3) is 5.91 Å². The highest BCUT2D eigenvalue weighted by Gasteiger charge is 2.25. The van der Waals surface area contributed by atoms with Gasteiger partial charge in [-0.15, -0.1) is 0 Å². The van der Waals surface area contributed by atoms with Crippen LogP contribution in [0.3, 0.4) is 0 Å². The summed E-state index contributed by atoms with van der Waals surface area (Å²) in [5.41, 5.74) is 1.03. The quantitative estimate of drug-likeness (QED) is 0.613. The van der Waals surface area contributed by atoms with Gasteiger partial charge in [0.15, 0.2) is 0 Å². The van der Waals surface area contributed by atoms with Crippen molar-refractivity contribution >= 4 is 29.2 Å². The predicted molar refractivity (Wildman–Crippen MR) is 123 cm³/mol. The second-order valence-electron chi connectivity index (χ2n) is 7.34. The smallest absolute Gasteiger partial charge is 0.321 e. The minimum Gasteiger partial charge on any atom is -0.438 e. The fourth-order valence-corrected chi connectivity index (χ4v) is 3.69. The number of urea groups is 1. The lowest BCUT2D eigenvalue weighted by Gasteiger charge is -2.23. The summed E-state index contributed by atoms with van der Waals surface area (Å²) in [5.74, 6) is 0.713. The number of pyridine rings is 1. The lowest BCUT2D eigenvalue weighted by Crippen LogP contribution is -2.39. The van der Waals surface area contributed by atoms with Crippen LogP contribution in [0.1, 0.15) is 16.8 Å². The molecule has 1 aromatic heterocycles. The number of carbonyl (C=O) groups is 2. The number of carbonyl (C=O) groups excluding carboxylic acids is 2. The Balaban J connectivity index is 1.41. The van der Waals surface area contributed by atoms with Crippen LogP contribution < -0.4 is 10.1 Å². The molecule has 3 aromatic rings. The third kappa shape index (κ3) is 5.36. The fraction of sp³-hybridized carbons (Fsp3) is 0.208. The van der Waals surface area contributed by atoms with Crippen molar-refractivity contribution in [2.24, 2.45) is 0 Å². The van der Waals surface area contributed by atoms with E-state index in [4.69, 9.17) is 16.3 Å². The van der Waals surface area contributed by atoms with Gasteiger partial charge >= 0.3 is 6.03 Å². The molecule has 1 aliphatic heterocycles. The van der Waals surface area contributed by atoms with E-state index < -0.39 is 0 Å². The number of nitrogens with one attached hydrogen (secondary N) is 1. The van der Waals surface area contributed by atoms with Crippen LogP contribution in [-0.2, 0) is 0 Å². The highest BCUT2D eigenvalue weighted by molar-refractivity contribution is 6.30. The summed E-state index contributed by atoms with van der Waals surface area (Å²) in [7, 11) is 0. The highest BCUT2D eigenvalue weighted by Crippen LogP contribution is 2.24. The SMILES string of the molecule is O=C(Nc1cccc(Cl)c1)N1CCCN(C(=O)c2cccnc2Oc2ccccc2)CC1. The van der Waals surface area contributed by atoms with Crippen LogP contribution in [0.2, 0.25) is 5.02 Å². The van der Waals surface area contributed by atoms with Gasteiger partial charge in [0, 0.05) is 43.1 Å². The second-order valence-corrected chi connectivity index (χ2v) is 7.78. The standard InChI is InChI=1S/C24H23ClN4O3/c25-18-7-4-8-19(17-18)27-24(31)29-14-6-13-28(15-16-29)23(30)21-11-5-12-26-22(21)32-20-9-2-1-3-10-20/h1-5,7-12,17H,6,13-16H2,(H,27,31). The molecule has 1 fully saturated rings. The molecule has 3 amide bonds. The molecule has 0 radical (unpaired) electrons. The van der Waals surface area contributed by atoms with E-state index in [1.54, 1.807) is 52.4 Å². The van der Waals surface area contributed by atoms with Gasteiger partial charge in [0.1, 0.15) is 11.3 Å². The number of para-hydroxylation sites is 1. The predicted octanol–water partition coefficient (Wildman–Crippen LogP) is 4.91.